The summed E-state index contributed by atoms with van der Waals surface area (Å²) in [5, 5.41) is 13.9. The Labute approximate surface area is 103 Å². The van der Waals surface area contributed by atoms with Crippen LogP contribution in [0.2, 0.25) is 0 Å². The van der Waals surface area contributed by atoms with E-state index in [2.05, 4.69) is 0 Å². The van der Waals surface area contributed by atoms with Crippen LogP contribution in [-0.4, -0.2) is 59.6 Å². The summed E-state index contributed by atoms with van der Waals surface area (Å²) < 4.78 is 26.6. The van der Waals surface area contributed by atoms with Crippen molar-refractivity contribution in [3.8, 4) is 0 Å². The highest BCUT2D eigenvalue weighted by Crippen LogP contribution is 2.06. The van der Waals surface area contributed by atoms with E-state index in [0.717, 1.165) is 0 Å². The molecule has 0 rings (SSSR count). The van der Waals surface area contributed by atoms with Crippen molar-refractivity contribution < 1.29 is 23.4 Å². The first-order valence-electron chi connectivity index (χ1n) is 5.44. The molecule has 0 saturated carbocycles. The van der Waals surface area contributed by atoms with Gasteiger partial charge in [0.2, 0.25) is 0 Å². The minimum absolute atomic E-state index is 0.537. The SMILES string of the molecule is CCN(CC)S(=O)(=O)N(CC)CC.O=C(O)O. The Morgan fingerprint density at radius 3 is 1.18 bits per heavy atom. The zero-order valence-electron chi connectivity index (χ0n) is 10.8. The van der Waals surface area contributed by atoms with Crippen LogP contribution >= 0.6 is 0 Å². The lowest BCUT2D eigenvalue weighted by molar-refractivity contribution is 0.137. The zero-order chi connectivity index (χ0) is 14.1. The molecule has 0 amide bonds. The van der Waals surface area contributed by atoms with Gasteiger partial charge in [0.05, 0.1) is 0 Å². The third-order valence-electron chi connectivity index (χ3n) is 2.06. The Morgan fingerprint density at radius 2 is 1.06 bits per heavy atom. The summed E-state index contributed by atoms with van der Waals surface area (Å²) >= 11 is 0. The average Bonchev–Trinajstić information content (AvgIpc) is 2.19. The van der Waals surface area contributed by atoms with Crippen LogP contribution in [0.25, 0.3) is 0 Å². The molecule has 0 fully saturated rings. The van der Waals surface area contributed by atoms with Crippen LogP contribution in [0.15, 0.2) is 0 Å². The van der Waals surface area contributed by atoms with Gasteiger partial charge in [-0.05, 0) is 0 Å². The van der Waals surface area contributed by atoms with Crippen molar-refractivity contribution in [2.45, 2.75) is 27.7 Å². The largest absolute Gasteiger partial charge is 0.503 e. The second-order valence-electron chi connectivity index (χ2n) is 2.96. The number of carbonyl (C=O) groups is 1. The average molecular weight is 270 g/mol. The molecule has 17 heavy (non-hydrogen) atoms. The molecule has 0 bridgehead atoms. The lowest BCUT2D eigenvalue weighted by atomic mass is 10.7. The molecule has 0 aliphatic heterocycles. The zero-order valence-corrected chi connectivity index (χ0v) is 11.6. The topological polar surface area (TPSA) is 98.2 Å². The molecule has 0 aromatic carbocycles. The Kier molecular flexibility index (Phi) is 10.0. The highest BCUT2D eigenvalue weighted by Gasteiger charge is 2.24. The number of carboxylic acid groups (broad SMARTS) is 2. The van der Waals surface area contributed by atoms with Crippen LogP contribution in [0.3, 0.4) is 0 Å². The normalized spacial score (nSPS) is 11.2. The third kappa shape index (κ3) is 7.14. The molecule has 0 aliphatic rings. The summed E-state index contributed by atoms with van der Waals surface area (Å²) in [6.07, 6.45) is -1.83. The monoisotopic (exact) mass is 270 g/mol. The van der Waals surface area contributed by atoms with E-state index >= 15 is 0 Å². The number of rotatable bonds is 6. The maximum absolute atomic E-state index is 11.8. The molecule has 0 aromatic heterocycles. The van der Waals surface area contributed by atoms with E-state index < -0.39 is 16.4 Å². The molecule has 8 heteroatoms. The minimum atomic E-state index is -3.20. The first kappa shape index (κ1) is 18.5. The molecular formula is C9H22N2O5S. The first-order chi connectivity index (χ1) is 7.77. The van der Waals surface area contributed by atoms with Crippen molar-refractivity contribution in [3.05, 3.63) is 0 Å². The predicted octanol–water partition coefficient (Wildman–Crippen LogP) is 1.14. The standard InChI is InChI=1S/C8H20N2O2S.CH2O3/c1-5-9(6-2)13(11,12)10(7-3)8-4;2-1(3)4/h5-8H2,1-4H3;(H2,2,3,4). The maximum atomic E-state index is 11.8. The second kappa shape index (κ2) is 9.20. The third-order valence-corrected chi connectivity index (χ3v) is 4.40. The van der Waals surface area contributed by atoms with E-state index in [1.807, 2.05) is 27.7 Å². The van der Waals surface area contributed by atoms with E-state index in [-0.39, 0.29) is 0 Å². The summed E-state index contributed by atoms with van der Waals surface area (Å²) in [5.74, 6) is 0. The Hall–Kier alpha value is -0.860. The van der Waals surface area contributed by atoms with Crippen molar-refractivity contribution in [2.75, 3.05) is 26.2 Å². The fourth-order valence-electron chi connectivity index (χ4n) is 1.26. The minimum Gasteiger partial charge on any atom is -0.450 e. The van der Waals surface area contributed by atoms with Gasteiger partial charge in [-0.3, -0.25) is 0 Å². The van der Waals surface area contributed by atoms with E-state index in [1.54, 1.807) is 0 Å². The van der Waals surface area contributed by atoms with Crippen LogP contribution < -0.4 is 0 Å². The van der Waals surface area contributed by atoms with Crippen molar-refractivity contribution in [1.29, 1.82) is 0 Å². The molecular weight excluding hydrogens is 248 g/mol. The van der Waals surface area contributed by atoms with Crippen LogP contribution in [0, 0.1) is 0 Å². The van der Waals surface area contributed by atoms with Gasteiger partial charge in [-0.25, -0.2) is 4.79 Å². The lowest BCUT2D eigenvalue weighted by Crippen LogP contribution is -2.43. The molecule has 104 valence electrons. The highest BCUT2D eigenvalue weighted by atomic mass is 32.2. The first-order valence-corrected chi connectivity index (χ1v) is 6.84. The predicted molar refractivity (Wildman–Crippen MR) is 65.4 cm³/mol. The molecule has 0 radical (unpaired) electrons. The Balaban J connectivity index is 0. The van der Waals surface area contributed by atoms with Crippen molar-refractivity contribution >= 4 is 16.4 Å². The van der Waals surface area contributed by atoms with Crippen LogP contribution in [0.5, 0.6) is 0 Å². The van der Waals surface area contributed by atoms with Gasteiger partial charge in [0.15, 0.2) is 0 Å². The van der Waals surface area contributed by atoms with Crippen molar-refractivity contribution in [3.63, 3.8) is 0 Å². The second-order valence-corrected chi connectivity index (χ2v) is 4.89. The Morgan fingerprint density at radius 1 is 0.882 bits per heavy atom. The summed E-state index contributed by atoms with van der Waals surface area (Å²) in [7, 11) is -3.20. The lowest BCUT2D eigenvalue weighted by Gasteiger charge is -2.26. The maximum Gasteiger partial charge on any atom is 0.503 e. The van der Waals surface area contributed by atoms with Crippen LogP contribution in [-0.2, 0) is 10.2 Å². The molecule has 0 unspecified atom stereocenters. The van der Waals surface area contributed by atoms with E-state index in [0.29, 0.717) is 26.2 Å². The number of nitrogens with zero attached hydrogens (tertiary/aromatic N) is 2. The highest BCUT2D eigenvalue weighted by molar-refractivity contribution is 7.86. The van der Waals surface area contributed by atoms with Gasteiger partial charge in [0, 0.05) is 26.2 Å². The molecule has 7 nitrogen and oxygen atoms in total. The van der Waals surface area contributed by atoms with Gasteiger partial charge < -0.3 is 10.2 Å². The number of hydrogen-bond donors (Lipinski definition) is 2. The van der Waals surface area contributed by atoms with Gasteiger partial charge in [0.1, 0.15) is 0 Å². The Bertz CT molecular complexity index is 275. The molecule has 0 spiro atoms. The fourth-order valence-corrected chi connectivity index (χ4v) is 2.89. The molecule has 2 N–H and O–H groups in total. The van der Waals surface area contributed by atoms with Crippen molar-refractivity contribution in [1.82, 2.24) is 8.61 Å². The molecule has 0 saturated heterocycles. The summed E-state index contributed by atoms with van der Waals surface area (Å²) in [4.78, 5) is 8.56. The van der Waals surface area contributed by atoms with Gasteiger partial charge in [-0.1, -0.05) is 27.7 Å². The summed E-state index contributed by atoms with van der Waals surface area (Å²) in [5.41, 5.74) is 0. The van der Waals surface area contributed by atoms with Crippen LogP contribution in [0.4, 0.5) is 4.79 Å². The molecule has 0 atom stereocenters. The van der Waals surface area contributed by atoms with Crippen molar-refractivity contribution in [2.24, 2.45) is 0 Å². The summed E-state index contributed by atoms with van der Waals surface area (Å²) in [6.45, 7) is 9.56. The van der Waals surface area contributed by atoms with Gasteiger partial charge in [-0.2, -0.15) is 17.0 Å². The van der Waals surface area contributed by atoms with E-state index in [9.17, 15) is 8.42 Å². The van der Waals surface area contributed by atoms with E-state index in [1.165, 1.54) is 8.61 Å². The summed E-state index contributed by atoms with van der Waals surface area (Å²) in [6, 6.07) is 0. The van der Waals surface area contributed by atoms with Gasteiger partial charge >= 0.3 is 6.16 Å². The fraction of sp³-hybridized carbons (Fsp3) is 0.889. The van der Waals surface area contributed by atoms with E-state index in [4.69, 9.17) is 15.0 Å². The van der Waals surface area contributed by atoms with Gasteiger partial charge in [-0.15, -0.1) is 0 Å². The van der Waals surface area contributed by atoms with Gasteiger partial charge in [0.25, 0.3) is 10.2 Å². The molecule has 0 aromatic rings. The quantitative estimate of drug-likeness (QED) is 0.754. The molecule has 0 aliphatic carbocycles. The van der Waals surface area contributed by atoms with Crippen LogP contribution in [0.1, 0.15) is 27.7 Å². The molecule has 0 heterocycles. The smallest absolute Gasteiger partial charge is 0.450 e. The number of hydrogen-bond acceptors (Lipinski definition) is 3.